The molecule has 4 aromatic carbocycles. The first-order valence-corrected chi connectivity index (χ1v) is 13.8. The SMILES string of the molecule is COc1cc2ccccc2cc1C(=O)NC(=S)Nc1ccc(N2CCN(Cc3ccccc3Cl)CC2)c(Cl)c1. The van der Waals surface area contributed by atoms with Crippen molar-refractivity contribution in [3.05, 3.63) is 100 Å². The van der Waals surface area contributed by atoms with Crippen molar-refractivity contribution in [1.82, 2.24) is 10.2 Å². The van der Waals surface area contributed by atoms with Crippen LogP contribution in [0.25, 0.3) is 10.8 Å². The number of benzene rings is 4. The zero-order valence-corrected chi connectivity index (χ0v) is 23.7. The van der Waals surface area contributed by atoms with Crippen LogP contribution in [0, 0.1) is 0 Å². The lowest BCUT2D eigenvalue weighted by atomic mass is 10.1. The van der Waals surface area contributed by atoms with E-state index in [1.807, 2.05) is 66.7 Å². The molecule has 39 heavy (non-hydrogen) atoms. The molecule has 0 unspecified atom stereocenters. The molecule has 0 spiro atoms. The molecule has 1 aliphatic rings. The van der Waals surface area contributed by atoms with E-state index in [4.69, 9.17) is 40.2 Å². The topological polar surface area (TPSA) is 56.8 Å². The fraction of sp³-hybridized carbons (Fsp3) is 0.200. The second-order valence-corrected chi connectivity index (χ2v) is 10.6. The molecule has 5 rings (SSSR count). The molecule has 2 N–H and O–H groups in total. The first kappa shape index (κ1) is 27.2. The first-order chi connectivity index (χ1) is 18.9. The van der Waals surface area contributed by atoms with E-state index in [1.54, 1.807) is 13.2 Å². The molecule has 1 heterocycles. The highest BCUT2D eigenvalue weighted by molar-refractivity contribution is 7.80. The van der Waals surface area contributed by atoms with E-state index < -0.39 is 0 Å². The van der Waals surface area contributed by atoms with Gasteiger partial charge in [-0.05, 0) is 65.0 Å². The summed E-state index contributed by atoms with van der Waals surface area (Å²) in [5.41, 5.74) is 3.21. The quantitative estimate of drug-likeness (QED) is 0.251. The molecular formula is C30H28Cl2N4O2S. The normalized spacial score (nSPS) is 13.8. The summed E-state index contributed by atoms with van der Waals surface area (Å²) in [6.07, 6.45) is 0. The third-order valence-electron chi connectivity index (χ3n) is 6.81. The van der Waals surface area contributed by atoms with E-state index in [2.05, 4.69) is 26.5 Å². The molecule has 0 radical (unpaired) electrons. The van der Waals surface area contributed by atoms with Crippen LogP contribution in [0.4, 0.5) is 11.4 Å². The number of rotatable bonds is 6. The summed E-state index contributed by atoms with van der Waals surface area (Å²) in [5, 5.41) is 9.33. The van der Waals surface area contributed by atoms with Gasteiger partial charge in [-0.15, -0.1) is 0 Å². The van der Waals surface area contributed by atoms with Gasteiger partial charge in [0.05, 0.1) is 23.4 Å². The summed E-state index contributed by atoms with van der Waals surface area (Å²) in [5.74, 6) is 0.126. The molecule has 0 bridgehead atoms. The minimum atomic E-state index is -0.354. The van der Waals surface area contributed by atoms with Gasteiger partial charge < -0.3 is 15.0 Å². The van der Waals surface area contributed by atoms with Crippen LogP contribution in [0.15, 0.2) is 78.9 Å². The molecular weight excluding hydrogens is 551 g/mol. The number of fused-ring (bicyclic) bond motifs is 1. The largest absolute Gasteiger partial charge is 0.496 e. The van der Waals surface area contributed by atoms with Gasteiger partial charge in [0.2, 0.25) is 0 Å². The highest BCUT2D eigenvalue weighted by atomic mass is 35.5. The Morgan fingerprint density at radius 2 is 1.59 bits per heavy atom. The Morgan fingerprint density at radius 1 is 0.897 bits per heavy atom. The molecule has 6 nitrogen and oxygen atoms in total. The first-order valence-electron chi connectivity index (χ1n) is 12.6. The van der Waals surface area contributed by atoms with Crippen molar-refractivity contribution in [3.63, 3.8) is 0 Å². The number of amides is 1. The van der Waals surface area contributed by atoms with Crippen molar-refractivity contribution < 1.29 is 9.53 Å². The number of hydrogen-bond donors (Lipinski definition) is 2. The maximum atomic E-state index is 13.0. The number of carbonyl (C=O) groups excluding carboxylic acids is 1. The Kier molecular flexibility index (Phi) is 8.53. The Balaban J connectivity index is 1.18. The fourth-order valence-corrected chi connectivity index (χ4v) is 5.46. The molecule has 0 atom stereocenters. The lowest BCUT2D eigenvalue weighted by molar-refractivity contribution is 0.0975. The summed E-state index contributed by atoms with van der Waals surface area (Å²) in [4.78, 5) is 17.7. The van der Waals surface area contributed by atoms with Crippen LogP contribution < -0.4 is 20.3 Å². The lowest BCUT2D eigenvalue weighted by Gasteiger charge is -2.36. The molecule has 0 aliphatic carbocycles. The average Bonchev–Trinajstić information content (AvgIpc) is 2.94. The van der Waals surface area contributed by atoms with E-state index in [0.29, 0.717) is 22.0 Å². The zero-order chi connectivity index (χ0) is 27.4. The number of ether oxygens (including phenoxy) is 1. The van der Waals surface area contributed by atoms with Crippen molar-refractivity contribution >= 4 is 68.6 Å². The number of halogens is 2. The van der Waals surface area contributed by atoms with Crippen LogP contribution in [0.5, 0.6) is 5.75 Å². The molecule has 1 amide bonds. The zero-order valence-electron chi connectivity index (χ0n) is 21.4. The van der Waals surface area contributed by atoms with E-state index >= 15 is 0 Å². The molecule has 1 saturated heterocycles. The molecule has 0 aromatic heterocycles. The van der Waals surface area contributed by atoms with Crippen LogP contribution in [0.1, 0.15) is 15.9 Å². The highest BCUT2D eigenvalue weighted by Crippen LogP contribution is 2.30. The second-order valence-electron chi connectivity index (χ2n) is 9.33. The molecule has 0 saturated carbocycles. The maximum Gasteiger partial charge on any atom is 0.261 e. The minimum Gasteiger partial charge on any atom is -0.496 e. The van der Waals surface area contributed by atoms with Crippen LogP contribution >= 0.6 is 35.4 Å². The van der Waals surface area contributed by atoms with Crippen molar-refractivity contribution in [2.75, 3.05) is 43.5 Å². The van der Waals surface area contributed by atoms with Gasteiger partial charge in [0.25, 0.3) is 5.91 Å². The van der Waals surface area contributed by atoms with E-state index in [-0.39, 0.29) is 11.0 Å². The molecule has 4 aromatic rings. The number of carbonyl (C=O) groups is 1. The number of thiocarbonyl (C=S) groups is 1. The van der Waals surface area contributed by atoms with Crippen LogP contribution in [0.2, 0.25) is 10.0 Å². The van der Waals surface area contributed by atoms with Crippen LogP contribution in [0.3, 0.4) is 0 Å². The van der Waals surface area contributed by atoms with Crippen molar-refractivity contribution in [2.24, 2.45) is 0 Å². The van der Waals surface area contributed by atoms with E-state index in [0.717, 1.165) is 59.8 Å². The third kappa shape index (κ3) is 6.45. The molecule has 1 aliphatic heterocycles. The number of hydrogen-bond acceptors (Lipinski definition) is 5. The van der Waals surface area contributed by atoms with Gasteiger partial charge in [0.1, 0.15) is 5.75 Å². The van der Waals surface area contributed by atoms with Gasteiger partial charge in [0.15, 0.2) is 5.11 Å². The van der Waals surface area contributed by atoms with Gasteiger partial charge in [-0.25, -0.2) is 0 Å². The second kappa shape index (κ2) is 12.2. The van der Waals surface area contributed by atoms with Gasteiger partial charge in [-0.2, -0.15) is 0 Å². The third-order valence-corrected chi connectivity index (χ3v) is 7.69. The predicted molar refractivity (Wildman–Crippen MR) is 165 cm³/mol. The Bertz CT molecular complexity index is 1520. The average molecular weight is 580 g/mol. The smallest absolute Gasteiger partial charge is 0.261 e. The molecule has 1 fully saturated rings. The lowest BCUT2D eigenvalue weighted by Crippen LogP contribution is -2.46. The summed E-state index contributed by atoms with van der Waals surface area (Å²) in [7, 11) is 1.54. The molecule has 9 heteroatoms. The maximum absolute atomic E-state index is 13.0. The summed E-state index contributed by atoms with van der Waals surface area (Å²) >= 11 is 18.4. The Morgan fingerprint density at radius 3 is 2.28 bits per heavy atom. The van der Waals surface area contributed by atoms with Crippen molar-refractivity contribution in [2.45, 2.75) is 6.54 Å². The molecule has 200 valence electrons. The minimum absolute atomic E-state index is 0.173. The van der Waals surface area contributed by atoms with Crippen molar-refractivity contribution in [3.8, 4) is 5.75 Å². The Hall–Kier alpha value is -3.36. The number of methoxy groups -OCH3 is 1. The summed E-state index contributed by atoms with van der Waals surface area (Å²) < 4.78 is 5.45. The van der Waals surface area contributed by atoms with Gasteiger partial charge >= 0.3 is 0 Å². The Labute approximate surface area is 243 Å². The summed E-state index contributed by atoms with van der Waals surface area (Å²) in [6.45, 7) is 4.38. The monoisotopic (exact) mass is 578 g/mol. The number of anilines is 2. The standard InChI is InChI=1S/C30H28Cl2N4O2S/c1-38-28-17-21-7-3-2-6-20(21)16-24(28)29(37)34-30(39)33-23-10-11-27(26(32)18-23)36-14-12-35(13-15-36)19-22-8-4-5-9-25(22)31/h2-11,16-18H,12-15,19H2,1H3,(H2,33,34,37,39). The number of nitrogens with zero attached hydrogens (tertiary/aromatic N) is 2. The highest BCUT2D eigenvalue weighted by Gasteiger charge is 2.20. The van der Waals surface area contributed by atoms with Crippen LogP contribution in [-0.2, 0) is 6.54 Å². The van der Waals surface area contributed by atoms with Gasteiger partial charge in [0, 0.05) is 43.4 Å². The van der Waals surface area contributed by atoms with Gasteiger partial charge in [-0.1, -0.05) is 65.7 Å². The van der Waals surface area contributed by atoms with E-state index in [9.17, 15) is 4.79 Å². The van der Waals surface area contributed by atoms with E-state index in [1.165, 1.54) is 0 Å². The summed E-state index contributed by atoms with van der Waals surface area (Å²) in [6, 6.07) is 25.1. The fourth-order valence-electron chi connectivity index (χ4n) is 4.75. The van der Waals surface area contributed by atoms with Gasteiger partial charge in [-0.3, -0.25) is 15.0 Å². The predicted octanol–water partition coefficient (Wildman–Crippen LogP) is 6.60. The number of nitrogens with one attached hydrogen (secondary N) is 2. The number of piperazine rings is 1. The van der Waals surface area contributed by atoms with Crippen LogP contribution in [-0.4, -0.2) is 49.2 Å². The van der Waals surface area contributed by atoms with Crippen molar-refractivity contribution in [1.29, 1.82) is 0 Å².